The molecule has 0 bridgehead atoms. The molecule has 0 saturated carbocycles. The number of ether oxygens (including phenoxy) is 1. The van der Waals surface area contributed by atoms with Crippen molar-refractivity contribution in [1.82, 2.24) is 9.97 Å². The van der Waals surface area contributed by atoms with Gasteiger partial charge < -0.3 is 10.5 Å². The van der Waals surface area contributed by atoms with Crippen molar-refractivity contribution in [3.63, 3.8) is 0 Å². The molecule has 2 N–H and O–H groups in total. The molecule has 2 aromatic rings. The first-order valence-electron chi connectivity index (χ1n) is 4.87. The average molecular weight is 301 g/mol. The monoisotopic (exact) mass is 300 g/mol. The molecule has 1 aromatic heterocycles. The van der Waals surface area contributed by atoms with Crippen LogP contribution < -0.4 is 10.5 Å². The van der Waals surface area contributed by atoms with Crippen molar-refractivity contribution in [2.75, 3.05) is 5.73 Å². The number of nitrogens with zero attached hydrogens (tertiary/aromatic N) is 3. The fourth-order valence-corrected chi connectivity index (χ4v) is 1.51. The van der Waals surface area contributed by atoms with Gasteiger partial charge in [-0.3, -0.25) is 10.1 Å². The first kappa shape index (κ1) is 13.3. The van der Waals surface area contributed by atoms with Gasteiger partial charge in [0.05, 0.1) is 16.0 Å². The van der Waals surface area contributed by atoms with E-state index in [1.54, 1.807) is 0 Å². The smallest absolute Gasteiger partial charge is 0.273 e. The van der Waals surface area contributed by atoms with E-state index in [-0.39, 0.29) is 33.2 Å². The number of nitro benzene ring substituents is 1. The number of nitro groups is 1. The van der Waals surface area contributed by atoms with Crippen LogP contribution in [0.15, 0.2) is 24.5 Å². The van der Waals surface area contributed by atoms with Crippen LogP contribution >= 0.6 is 23.2 Å². The van der Waals surface area contributed by atoms with Crippen LogP contribution in [0.5, 0.6) is 11.6 Å². The molecule has 0 unspecified atom stereocenters. The number of aromatic nitrogens is 2. The van der Waals surface area contributed by atoms with E-state index < -0.39 is 4.92 Å². The molecule has 9 heteroatoms. The summed E-state index contributed by atoms with van der Waals surface area (Å²) < 4.78 is 5.31. The number of non-ortho nitro benzene ring substituents is 1. The Morgan fingerprint density at radius 2 is 2.05 bits per heavy atom. The first-order valence-corrected chi connectivity index (χ1v) is 5.62. The van der Waals surface area contributed by atoms with Gasteiger partial charge in [0.1, 0.15) is 12.0 Å². The number of nitrogen functional groups attached to an aromatic ring is 1. The number of benzene rings is 1. The van der Waals surface area contributed by atoms with E-state index in [1.807, 2.05) is 0 Å². The topological polar surface area (TPSA) is 104 Å². The molecule has 0 atom stereocenters. The quantitative estimate of drug-likeness (QED) is 0.530. The maximum Gasteiger partial charge on any atom is 0.273 e. The Morgan fingerprint density at radius 1 is 1.32 bits per heavy atom. The maximum absolute atomic E-state index is 10.7. The number of anilines is 1. The summed E-state index contributed by atoms with van der Waals surface area (Å²) >= 11 is 11.6. The lowest BCUT2D eigenvalue weighted by atomic mass is 10.3. The van der Waals surface area contributed by atoms with Crippen LogP contribution in [0.4, 0.5) is 11.4 Å². The Hall–Kier alpha value is -2.12. The van der Waals surface area contributed by atoms with E-state index in [0.717, 1.165) is 12.4 Å². The lowest BCUT2D eigenvalue weighted by Gasteiger charge is -2.08. The summed E-state index contributed by atoms with van der Waals surface area (Å²) in [6.45, 7) is 0. The van der Waals surface area contributed by atoms with Gasteiger partial charge in [-0.1, -0.05) is 23.2 Å². The maximum atomic E-state index is 10.7. The van der Waals surface area contributed by atoms with Crippen molar-refractivity contribution in [3.8, 4) is 11.6 Å². The number of hydrogen-bond donors (Lipinski definition) is 1. The van der Waals surface area contributed by atoms with Gasteiger partial charge in [-0.2, -0.15) is 4.98 Å². The molecule has 0 aliphatic rings. The predicted molar refractivity (Wildman–Crippen MR) is 69.6 cm³/mol. The molecule has 0 spiro atoms. The summed E-state index contributed by atoms with van der Waals surface area (Å²) in [4.78, 5) is 17.5. The van der Waals surface area contributed by atoms with Gasteiger partial charge in [-0.15, -0.1) is 0 Å². The van der Waals surface area contributed by atoms with Crippen molar-refractivity contribution in [1.29, 1.82) is 0 Å². The van der Waals surface area contributed by atoms with Gasteiger partial charge >= 0.3 is 0 Å². The van der Waals surface area contributed by atoms with E-state index in [9.17, 15) is 10.1 Å². The molecule has 98 valence electrons. The molecule has 1 heterocycles. The van der Waals surface area contributed by atoms with Gasteiger partial charge in [0.25, 0.3) is 5.69 Å². The van der Waals surface area contributed by atoms with E-state index in [4.69, 9.17) is 33.7 Å². The van der Waals surface area contributed by atoms with Crippen LogP contribution in [0.3, 0.4) is 0 Å². The Kier molecular flexibility index (Phi) is 3.68. The van der Waals surface area contributed by atoms with Crippen molar-refractivity contribution < 1.29 is 9.66 Å². The first-order chi connectivity index (χ1) is 8.99. The zero-order valence-electron chi connectivity index (χ0n) is 9.21. The summed E-state index contributed by atoms with van der Waals surface area (Å²) in [5.41, 5.74) is 5.47. The third-order valence-electron chi connectivity index (χ3n) is 2.13. The molecule has 0 saturated heterocycles. The highest BCUT2D eigenvalue weighted by Gasteiger charge is 2.14. The van der Waals surface area contributed by atoms with Crippen molar-refractivity contribution in [2.24, 2.45) is 0 Å². The minimum atomic E-state index is -0.570. The molecule has 7 nitrogen and oxygen atoms in total. The molecule has 0 amide bonds. The zero-order valence-corrected chi connectivity index (χ0v) is 10.7. The van der Waals surface area contributed by atoms with Crippen LogP contribution in [-0.4, -0.2) is 14.9 Å². The standard InChI is InChI=1S/C10H6Cl2N4O3/c11-6-2-1-5(16(17)18)3-7(6)19-10-8(13)9(12)14-4-15-10/h1-4H,13H2. The summed E-state index contributed by atoms with van der Waals surface area (Å²) in [6, 6.07) is 3.76. The Morgan fingerprint density at radius 3 is 2.74 bits per heavy atom. The lowest BCUT2D eigenvalue weighted by Crippen LogP contribution is -1.98. The highest BCUT2D eigenvalue weighted by atomic mass is 35.5. The normalized spacial score (nSPS) is 10.2. The third-order valence-corrected chi connectivity index (χ3v) is 2.74. The van der Waals surface area contributed by atoms with Crippen molar-refractivity contribution >= 4 is 34.6 Å². The van der Waals surface area contributed by atoms with Gasteiger partial charge in [-0.25, -0.2) is 4.98 Å². The van der Waals surface area contributed by atoms with Crippen molar-refractivity contribution in [2.45, 2.75) is 0 Å². The number of rotatable bonds is 3. The summed E-state index contributed by atoms with van der Waals surface area (Å²) in [5.74, 6) is 0.0275. The third kappa shape index (κ3) is 2.83. The molecule has 0 radical (unpaired) electrons. The van der Waals surface area contributed by atoms with Gasteiger partial charge in [0, 0.05) is 6.07 Å². The van der Waals surface area contributed by atoms with E-state index in [0.29, 0.717) is 0 Å². The number of nitrogens with two attached hydrogens (primary N) is 1. The van der Waals surface area contributed by atoms with Crippen LogP contribution in [0.1, 0.15) is 0 Å². The number of halogens is 2. The van der Waals surface area contributed by atoms with Crippen LogP contribution in [-0.2, 0) is 0 Å². The molecule has 0 aliphatic heterocycles. The Labute approximate surface area is 117 Å². The molecule has 1 aromatic carbocycles. The second-order valence-electron chi connectivity index (χ2n) is 3.36. The van der Waals surface area contributed by atoms with E-state index in [1.165, 1.54) is 12.1 Å². The SMILES string of the molecule is Nc1c(Cl)ncnc1Oc1cc([N+](=O)[O-])ccc1Cl. The fourth-order valence-electron chi connectivity index (χ4n) is 1.23. The van der Waals surface area contributed by atoms with Crippen molar-refractivity contribution in [3.05, 3.63) is 44.8 Å². The van der Waals surface area contributed by atoms with E-state index >= 15 is 0 Å². The highest BCUT2D eigenvalue weighted by molar-refractivity contribution is 6.32. The second-order valence-corrected chi connectivity index (χ2v) is 4.12. The summed E-state index contributed by atoms with van der Waals surface area (Å²) in [5, 5.41) is 10.9. The number of hydrogen-bond acceptors (Lipinski definition) is 6. The van der Waals surface area contributed by atoms with Gasteiger partial charge in [0.2, 0.25) is 5.88 Å². The Bertz CT molecular complexity index is 651. The fraction of sp³-hybridized carbons (Fsp3) is 0. The highest BCUT2D eigenvalue weighted by Crippen LogP contribution is 2.35. The van der Waals surface area contributed by atoms with Gasteiger partial charge in [-0.05, 0) is 6.07 Å². The summed E-state index contributed by atoms with van der Waals surface area (Å²) in [6.07, 6.45) is 1.15. The van der Waals surface area contributed by atoms with Crippen LogP contribution in [0.25, 0.3) is 0 Å². The lowest BCUT2D eigenvalue weighted by molar-refractivity contribution is -0.384. The molecule has 0 aliphatic carbocycles. The zero-order chi connectivity index (χ0) is 14.0. The largest absolute Gasteiger partial charge is 0.435 e. The van der Waals surface area contributed by atoms with Crippen LogP contribution in [0.2, 0.25) is 10.2 Å². The molecule has 0 fully saturated rings. The van der Waals surface area contributed by atoms with Crippen LogP contribution in [0, 0.1) is 10.1 Å². The van der Waals surface area contributed by atoms with E-state index in [2.05, 4.69) is 9.97 Å². The van der Waals surface area contributed by atoms with Gasteiger partial charge in [0.15, 0.2) is 10.9 Å². The molecule has 2 rings (SSSR count). The average Bonchev–Trinajstić information content (AvgIpc) is 2.37. The summed E-state index contributed by atoms with van der Waals surface area (Å²) in [7, 11) is 0. The predicted octanol–water partition coefficient (Wildman–Crippen LogP) is 3.07. The minimum Gasteiger partial charge on any atom is -0.435 e. The molecular weight excluding hydrogens is 295 g/mol. The second kappa shape index (κ2) is 5.25. The molecule has 19 heavy (non-hydrogen) atoms. The molecular formula is C10H6Cl2N4O3. The Balaban J connectivity index is 2.40. The minimum absolute atomic E-state index is 0.0200.